The van der Waals surface area contributed by atoms with Crippen LogP contribution >= 0.6 is 0 Å². The molecule has 5 nitrogen and oxygen atoms in total. The van der Waals surface area contributed by atoms with Crippen LogP contribution < -0.4 is 10.1 Å². The van der Waals surface area contributed by atoms with Gasteiger partial charge in [-0.05, 0) is 31.4 Å². The number of hydrogen-bond acceptors (Lipinski definition) is 5. The molecule has 0 amide bonds. The molecule has 1 aromatic heterocycles. The third-order valence-corrected chi connectivity index (χ3v) is 4.50. The second-order valence-corrected chi connectivity index (χ2v) is 5.94. The second-order valence-electron chi connectivity index (χ2n) is 5.94. The first-order valence-electron chi connectivity index (χ1n) is 7.61. The maximum atomic E-state index is 5.70. The summed E-state index contributed by atoms with van der Waals surface area (Å²) in [4.78, 5) is 4.64. The standard InChI is InChI=1S/C16H19N3O2/c1-10-5-4-8-17-14(10)16-18-15(19-21-16)12-9-20-13-7-3-2-6-11(12)13/h2-3,6-7,10,12,14,17H,4-5,8-9H2,1H3. The average Bonchev–Trinajstić information content (AvgIpc) is 3.14. The molecule has 0 aliphatic carbocycles. The van der Waals surface area contributed by atoms with Crippen molar-refractivity contribution in [3.8, 4) is 5.75 Å². The normalized spacial score (nSPS) is 28.1. The minimum atomic E-state index is 0.0811. The van der Waals surface area contributed by atoms with Crippen LogP contribution in [0.4, 0.5) is 0 Å². The summed E-state index contributed by atoms with van der Waals surface area (Å²) in [6.45, 7) is 3.84. The van der Waals surface area contributed by atoms with E-state index in [2.05, 4.69) is 28.4 Å². The van der Waals surface area contributed by atoms with Crippen molar-refractivity contribution in [2.24, 2.45) is 5.92 Å². The molecule has 0 bridgehead atoms. The van der Waals surface area contributed by atoms with Crippen LogP contribution in [-0.2, 0) is 0 Å². The molecule has 3 heterocycles. The van der Waals surface area contributed by atoms with Crippen molar-refractivity contribution < 1.29 is 9.26 Å². The van der Waals surface area contributed by atoms with Crippen molar-refractivity contribution in [1.29, 1.82) is 0 Å². The smallest absolute Gasteiger partial charge is 0.244 e. The molecule has 1 fully saturated rings. The van der Waals surface area contributed by atoms with Crippen molar-refractivity contribution in [3.05, 3.63) is 41.5 Å². The quantitative estimate of drug-likeness (QED) is 0.919. The van der Waals surface area contributed by atoms with Gasteiger partial charge < -0.3 is 14.6 Å². The van der Waals surface area contributed by atoms with Gasteiger partial charge in [-0.3, -0.25) is 0 Å². The Kier molecular flexibility index (Phi) is 3.15. The fraction of sp³-hybridized carbons (Fsp3) is 0.500. The molecular weight excluding hydrogens is 266 g/mol. The van der Waals surface area contributed by atoms with E-state index in [-0.39, 0.29) is 12.0 Å². The van der Waals surface area contributed by atoms with Crippen molar-refractivity contribution in [1.82, 2.24) is 15.5 Å². The highest BCUT2D eigenvalue weighted by molar-refractivity contribution is 5.42. The van der Waals surface area contributed by atoms with Gasteiger partial charge in [0, 0.05) is 5.56 Å². The first kappa shape index (κ1) is 12.8. The predicted octanol–water partition coefficient (Wildman–Crippen LogP) is 2.65. The van der Waals surface area contributed by atoms with E-state index in [0.717, 1.165) is 23.7 Å². The first-order valence-corrected chi connectivity index (χ1v) is 7.61. The zero-order valence-corrected chi connectivity index (χ0v) is 12.1. The zero-order chi connectivity index (χ0) is 14.2. The number of piperidine rings is 1. The molecule has 3 unspecified atom stereocenters. The van der Waals surface area contributed by atoms with Gasteiger partial charge in [0.25, 0.3) is 0 Å². The lowest BCUT2D eigenvalue weighted by Gasteiger charge is -2.26. The summed E-state index contributed by atoms with van der Waals surface area (Å²) >= 11 is 0. The second kappa shape index (κ2) is 5.15. The van der Waals surface area contributed by atoms with E-state index in [1.54, 1.807) is 0 Å². The molecule has 2 aliphatic heterocycles. The van der Waals surface area contributed by atoms with Crippen LogP contribution in [0.3, 0.4) is 0 Å². The van der Waals surface area contributed by atoms with E-state index in [0.29, 0.717) is 18.4 Å². The van der Waals surface area contributed by atoms with Crippen LogP contribution in [0.15, 0.2) is 28.8 Å². The predicted molar refractivity (Wildman–Crippen MR) is 77.2 cm³/mol. The monoisotopic (exact) mass is 285 g/mol. The number of para-hydroxylation sites is 1. The Hall–Kier alpha value is -1.88. The Bertz CT molecular complexity index is 640. The Balaban J connectivity index is 1.61. The number of aromatic nitrogens is 2. The highest BCUT2D eigenvalue weighted by Crippen LogP contribution is 2.37. The Morgan fingerprint density at radius 1 is 1.29 bits per heavy atom. The molecule has 5 heteroatoms. The molecule has 0 radical (unpaired) electrons. The summed E-state index contributed by atoms with van der Waals surface area (Å²) in [6.07, 6.45) is 2.41. The first-order chi connectivity index (χ1) is 10.3. The minimum absolute atomic E-state index is 0.0811. The number of fused-ring (bicyclic) bond motifs is 1. The van der Waals surface area contributed by atoms with E-state index in [1.807, 2.05) is 18.2 Å². The Morgan fingerprint density at radius 3 is 3.10 bits per heavy atom. The molecule has 1 saturated heterocycles. The van der Waals surface area contributed by atoms with Crippen LogP contribution in [0, 0.1) is 5.92 Å². The lowest BCUT2D eigenvalue weighted by atomic mass is 9.92. The molecule has 1 aromatic carbocycles. The van der Waals surface area contributed by atoms with E-state index < -0.39 is 0 Å². The largest absolute Gasteiger partial charge is 0.492 e. The van der Waals surface area contributed by atoms with Crippen molar-refractivity contribution in [3.63, 3.8) is 0 Å². The third-order valence-electron chi connectivity index (χ3n) is 4.50. The molecule has 4 rings (SSSR count). The molecule has 2 aliphatic rings. The topological polar surface area (TPSA) is 60.2 Å². The molecule has 2 aromatic rings. The van der Waals surface area contributed by atoms with Crippen LogP contribution in [0.2, 0.25) is 0 Å². The summed E-state index contributed by atoms with van der Waals surface area (Å²) < 4.78 is 11.2. The van der Waals surface area contributed by atoms with Gasteiger partial charge >= 0.3 is 0 Å². The fourth-order valence-electron chi connectivity index (χ4n) is 3.27. The lowest BCUT2D eigenvalue weighted by molar-refractivity contribution is 0.238. The molecule has 0 spiro atoms. The van der Waals surface area contributed by atoms with E-state index in [1.165, 1.54) is 12.8 Å². The maximum Gasteiger partial charge on any atom is 0.244 e. The van der Waals surface area contributed by atoms with Gasteiger partial charge in [-0.1, -0.05) is 30.3 Å². The number of nitrogens with one attached hydrogen (secondary N) is 1. The number of hydrogen-bond donors (Lipinski definition) is 1. The van der Waals surface area contributed by atoms with Crippen LogP contribution in [-0.4, -0.2) is 23.3 Å². The zero-order valence-electron chi connectivity index (χ0n) is 12.1. The van der Waals surface area contributed by atoms with E-state index >= 15 is 0 Å². The van der Waals surface area contributed by atoms with Gasteiger partial charge in [0.05, 0.1) is 12.0 Å². The van der Waals surface area contributed by atoms with Crippen molar-refractivity contribution >= 4 is 0 Å². The Labute approximate surface area is 123 Å². The van der Waals surface area contributed by atoms with Crippen molar-refractivity contribution in [2.45, 2.75) is 31.7 Å². The highest BCUT2D eigenvalue weighted by Gasteiger charge is 2.32. The summed E-state index contributed by atoms with van der Waals surface area (Å²) in [5, 5.41) is 7.68. The number of nitrogens with zero attached hydrogens (tertiary/aromatic N) is 2. The molecule has 21 heavy (non-hydrogen) atoms. The summed E-state index contributed by atoms with van der Waals surface area (Å²) in [5.41, 5.74) is 1.15. The number of rotatable bonds is 2. The maximum absolute atomic E-state index is 5.70. The average molecular weight is 285 g/mol. The van der Waals surface area contributed by atoms with Crippen LogP contribution in [0.5, 0.6) is 5.75 Å². The molecule has 0 saturated carbocycles. The number of ether oxygens (including phenoxy) is 1. The highest BCUT2D eigenvalue weighted by atomic mass is 16.5. The summed E-state index contributed by atoms with van der Waals surface area (Å²) in [7, 11) is 0. The SMILES string of the molecule is CC1CCCNC1c1nc(C2COc3ccccc32)no1. The number of benzene rings is 1. The van der Waals surface area contributed by atoms with E-state index in [9.17, 15) is 0 Å². The van der Waals surface area contributed by atoms with Gasteiger partial charge in [-0.15, -0.1) is 0 Å². The van der Waals surface area contributed by atoms with Gasteiger partial charge in [0.2, 0.25) is 5.89 Å². The van der Waals surface area contributed by atoms with Gasteiger partial charge in [0.1, 0.15) is 12.4 Å². The van der Waals surface area contributed by atoms with Gasteiger partial charge in [-0.2, -0.15) is 4.98 Å². The molecule has 3 atom stereocenters. The van der Waals surface area contributed by atoms with Crippen LogP contribution in [0.1, 0.15) is 49.0 Å². The van der Waals surface area contributed by atoms with E-state index in [4.69, 9.17) is 9.26 Å². The Morgan fingerprint density at radius 2 is 2.19 bits per heavy atom. The minimum Gasteiger partial charge on any atom is -0.492 e. The third kappa shape index (κ3) is 2.21. The van der Waals surface area contributed by atoms with Crippen LogP contribution in [0.25, 0.3) is 0 Å². The summed E-state index contributed by atoms with van der Waals surface area (Å²) in [6, 6.07) is 8.24. The molecular formula is C16H19N3O2. The van der Waals surface area contributed by atoms with Gasteiger partial charge in [0.15, 0.2) is 5.82 Å². The summed E-state index contributed by atoms with van der Waals surface area (Å²) in [5.74, 6) is 2.98. The molecule has 1 N–H and O–H groups in total. The lowest BCUT2D eigenvalue weighted by Crippen LogP contribution is -2.33. The fourth-order valence-corrected chi connectivity index (χ4v) is 3.27. The van der Waals surface area contributed by atoms with Gasteiger partial charge in [-0.25, -0.2) is 0 Å². The van der Waals surface area contributed by atoms with Crippen molar-refractivity contribution in [2.75, 3.05) is 13.2 Å². The molecule has 110 valence electrons.